The van der Waals surface area contributed by atoms with Crippen LogP contribution < -0.4 is 25.7 Å². The number of rotatable bonds is 17. The van der Waals surface area contributed by atoms with E-state index in [0.29, 0.717) is 95.4 Å². The molecule has 1 amide bonds. The largest absolute Gasteiger partial charge is 0.508 e. The van der Waals surface area contributed by atoms with E-state index in [-0.39, 0.29) is 35.2 Å². The van der Waals surface area contributed by atoms with Gasteiger partial charge in [0, 0.05) is 67.2 Å². The van der Waals surface area contributed by atoms with Crippen LogP contribution in [0.5, 0.6) is 17.2 Å². The van der Waals surface area contributed by atoms with Gasteiger partial charge in [-0.2, -0.15) is 0 Å². The number of nitrogens with zero attached hydrogens (tertiary/aromatic N) is 2. The fourth-order valence-electron chi connectivity index (χ4n) is 9.04. The number of ether oxygens (including phenoxy) is 1. The minimum absolute atomic E-state index is 0.00371. The number of amides is 1. The second-order valence-corrected chi connectivity index (χ2v) is 16.8. The van der Waals surface area contributed by atoms with E-state index in [1.165, 1.54) is 36.4 Å². The van der Waals surface area contributed by atoms with E-state index in [0.717, 1.165) is 11.3 Å². The van der Waals surface area contributed by atoms with Gasteiger partial charge in [0.1, 0.15) is 65.2 Å². The van der Waals surface area contributed by atoms with E-state index in [2.05, 4.69) is 15.6 Å². The van der Waals surface area contributed by atoms with Crippen LogP contribution in [0.15, 0.2) is 80.2 Å². The molecule has 17 heteroatoms. The number of carbonyl (C=O) groups is 1. The van der Waals surface area contributed by atoms with Crippen molar-refractivity contribution >= 4 is 39.6 Å². The molecule has 4 aromatic rings. The quantitative estimate of drug-likeness (QED) is 0.0543. The summed E-state index contributed by atoms with van der Waals surface area (Å²) >= 11 is 0. The van der Waals surface area contributed by atoms with Gasteiger partial charge in [-0.05, 0) is 86.6 Å². The Kier molecular flexibility index (Phi) is 12.2. The molecule has 9 N–H and O–H groups in total. The lowest BCUT2D eigenvalue weighted by molar-refractivity contribution is -0.373. The van der Waals surface area contributed by atoms with Crippen LogP contribution in [0.25, 0.3) is 21.7 Å². The lowest BCUT2D eigenvalue weighted by Gasteiger charge is -2.45. The minimum atomic E-state index is -2.42. The number of anilines is 1. The third-order valence-electron chi connectivity index (χ3n) is 12.5. The lowest BCUT2D eigenvalue weighted by atomic mass is 9.79. The van der Waals surface area contributed by atoms with Crippen molar-refractivity contribution in [3.05, 3.63) is 93.1 Å². The van der Waals surface area contributed by atoms with Crippen molar-refractivity contribution in [1.29, 1.82) is 0 Å². The first-order valence-corrected chi connectivity index (χ1v) is 20.7. The summed E-state index contributed by atoms with van der Waals surface area (Å²) in [4.78, 5) is 44.6. The molecule has 62 heavy (non-hydrogen) atoms. The van der Waals surface area contributed by atoms with Crippen molar-refractivity contribution in [2.75, 3.05) is 44.8 Å². The molecule has 0 radical (unpaired) electrons. The highest BCUT2D eigenvalue weighted by molar-refractivity contribution is 5.96. The molecule has 4 aliphatic heterocycles. The number of aromatic hydroxyl groups is 2. The van der Waals surface area contributed by atoms with E-state index < -0.39 is 55.3 Å². The van der Waals surface area contributed by atoms with Crippen LogP contribution in [0, 0.1) is 12.8 Å². The van der Waals surface area contributed by atoms with Gasteiger partial charge in [0.25, 0.3) is 0 Å². The molecule has 0 bridgehead atoms. The molecular weight excluding hydrogens is 805 g/mol. The molecule has 1 saturated heterocycles. The first-order valence-electron chi connectivity index (χ1n) is 20.7. The van der Waals surface area contributed by atoms with Crippen molar-refractivity contribution in [3.63, 3.8) is 0 Å². The number of phenols is 2. The van der Waals surface area contributed by atoms with E-state index in [9.17, 15) is 45.3 Å². The molecule has 1 aromatic heterocycles. The molecule has 0 aliphatic carbocycles. The van der Waals surface area contributed by atoms with Crippen LogP contribution >= 0.6 is 0 Å². The molecule has 7 unspecified atom stereocenters. The maximum absolute atomic E-state index is 13.6. The van der Waals surface area contributed by atoms with Crippen molar-refractivity contribution < 1.29 is 59.5 Å². The molecule has 4 aliphatic rings. The van der Waals surface area contributed by atoms with Gasteiger partial charge in [0.15, 0.2) is 16.8 Å². The van der Waals surface area contributed by atoms with Gasteiger partial charge in [0.05, 0.1) is 24.2 Å². The molecule has 0 saturated carbocycles. The normalized spacial score (nSPS) is 23.1. The van der Waals surface area contributed by atoms with E-state index in [4.69, 9.17) is 18.9 Å². The number of aliphatic hydroxyl groups is 5. The summed E-state index contributed by atoms with van der Waals surface area (Å²) in [5, 5.41) is 82.7. The standard InChI is InChI=1S/C45H52N4O13/c1-24-13-35(53)32-15-28-16-37(62-59-23-44(58,43(57)40(56)36(54)22-50)18-26-3-6-34(52)30-5-4-29(51)17-31(26)30)45(10-12-46-2,9-7-25-14-38(55)48-19-25)61-41(28)39(42(32)60-24)49-20-27-8-11-47-33(27)21-49/h3-6,8,11,13,15,17,21,25,36-37,40,43,46,50-52,54,56-58H,7,9-10,12,14,16,18-20,22-23H2,1-2H3,(H,48,55). The Hall–Kier alpha value is -5.37. The maximum atomic E-state index is 13.6. The highest BCUT2D eigenvalue weighted by Gasteiger charge is 2.50. The molecule has 0 spiro atoms. The van der Waals surface area contributed by atoms with Gasteiger partial charge >= 0.3 is 0 Å². The number of hydrogen-bond donors (Lipinski definition) is 9. The summed E-state index contributed by atoms with van der Waals surface area (Å²) in [5.41, 5.74) is -0.246. The SMILES string of the molecule is CNCCC1(CCC2CNC(=O)C2)Oc2c(cc3c(=O)cc(C)oc3c2N2C=C3N=CC=C3C2)CC1OOCC(O)(Cc1ccc(O)c2ccc(O)cc12)C(O)C(O)C(O)CO. The Bertz CT molecular complexity index is 2520. The summed E-state index contributed by atoms with van der Waals surface area (Å²) in [5.74, 6) is 0.619. The van der Waals surface area contributed by atoms with Crippen molar-refractivity contribution in [1.82, 2.24) is 10.6 Å². The number of fused-ring (bicyclic) bond motifs is 4. The lowest BCUT2D eigenvalue weighted by Crippen LogP contribution is -2.58. The van der Waals surface area contributed by atoms with Gasteiger partial charge in [-0.25, -0.2) is 9.78 Å². The highest BCUT2D eigenvalue weighted by atomic mass is 17.2. The van der Waals surface area contributed by atoms with Crippen LogP contribution in [0.3, 0.4) is 0 Å². The van der Waals surface area contributed by atoms with Gasteiger partial charge in [0.2, 0.25) is 5.91 Å². The summed E-state index contributed by atoms with van der Waals surface area (Å²) in [7, 11) is 1.80. The zero-order valence-electron chi connectivity index (χ0n) is 34.4. The third kappa shape index (κ3) is 8.30. The number of carbonyl (C=O) groups excluding carboxylic acids is 1. The van der Waals surface area contributed by atoms with Crippen LogP contribution in [0.4, 0.5) is 5.69 Å². The van der Waals surface area contributed by atoms with Crippen LogP contribution in [0.1, 0.15) is 42.6 Å². The molecular formula is C45H52N4O13. The van der Waals surface area contributed by atoms with Crippen molar-refractivity contribution in [3.8, 4) is 17.2 Å². The van der Waals surface area contributed by atoms with Crippen molar-refractivity contribution in [2.24, 2.45) is 10.9 Å². The number of aryl methyl sites for hydroxylation is 1. The minimum Gasteiger partial charge on any atom is -0.508 e. The molecule has 17 nitrogen and oxygen atoms in total. The van der Waals surface area contributed by atoms with Gasteiger partial charge < -0.3 is 60.4 Å². The number of benzene rings is 3. The first kappa shape index (κ1) is 43.3. The Labute approximate surface area is 356 Å². The van der Waals surface area contributed by atoms with Gasteiger partial charge in [-0.3, -0.25) is 14.6 Å². The molecule has 1 fully saturated rings. The Balaban J connectivity index is 1.19. The fourth-order valence-corrected chi connectivity index (χ4v) is 9.04. The second kappa shape index (κ2) is 17.4. The van der Waals surface area contributed by atoms with E-state index in [1.54, 1.807) is 26.3 Å². The van der Waals surface area contributed by atoms with Gasteiger partial charge in [-0.15, -0.1) is 0 Å². The Morgan fingerprint density at radius 1 is 1.06 bits per heavy atom. The number of hydrogen-bond acceptors (Lipinski definition) is 16. The van der Waals surface area contributed by atoms with Crippen LogP contribution in [-0.2, 0) is 27.4 Å². The number of aliphatic imine (C=N–C) groups is 1. The topological polar surface area (TPSA) is 256 Å². The predicted molar refractivity (Wildman–Crippen MR) is 227 cm³/mol. The fraction of sp³-hybridized carbons (Fsp3) is 0.444. The van der Waals surface area contributed by atoms with Crippen LogP contribution in [-0.4, -0.2) is 123 Å². The van der Waals surface area contributed by atoms with E-state index >= 15 is 0 Å². The average Bonchev–Trinajstić information content (AvgIpc) is 3.99. The first-order chi connectivity index (χ1) is 29.7. The van der Waals surface area contributed by atoms with Crippen molar-refractivity contribution in [2.45, 2.75) is 81.1 Å². The third-order valence-corrected chi connectivity index (χ3v) is 12.5. The number of allylic oxidation sites excluding steroid dienone is 1. The summed E-state index contributed by atoms with van der Waals surface area (Å²) in [6.45, 7) is 1.38. The number of aliphatic hydroxyl groups excluding tert-OH is 4. The average molecular weight is 857 g/mol. The summed E-state index contributed by atoms with van der Waals surface area (Å²) < 4.78 is 13.6. The zero-order valence-corrected chi connectivity index (χ0v) is 34.4. The Morgan fingerprint density at radius 3 is 2.63 bits per heavy atom. The maximum Gasteiger partial charge on any atom is 0.220 e. The second-order valence-electron chi connectivity index (χ2n) is 16.8. The van der Waals surface area contributed by atoms with E-state index in [1.807, 2.05) is 17.2 Å². The van der Waals surface area contributed by atoms with Crippen LogP contribution in [0.2, 0.25) is 0 Å². The summed E-state index contributed by atoms with van der Waals surface area (Å²) in [6, 6.07) is 10.3. The highest BCUT2D eigenvalue weighted by Crippen LogP contribution is 2.50. The number of nitrogens with one attached hydrogen (secondary N) is 2. The molecule has 3 aromatic carbocycles. The molecule has 7 atom stereocenters. The Morgan fingerprint density at radius 2 is 1.89 bits per heavy atom. The van der Waals surface area contributed by atoms with Gasteiger partial charge in [-0.1, -0.05) is 6.07 Å². The molecule has 8 rings (SSSR count). The molecule has 330 valence electrons. The predicted octanol–water partition coefficient (Wildman–Crippen LogP) is 1.90. The zero-order chi connectivity index (χ0) is 43.9. The molecule has 5 heterocycles. The summed E-state index contributed by atoms with van der Waals surface area (Å²) in [6.07, 6.45) is -0.0486. The number of phenolic OH excluding ortho intramolecular Hbond substituents is 2. The smallest absolute Gasteiger partial charge is 0.220 e. The monoisotopic (exact) mass is 856 g/mol.